The number of carboxylic acids is 1. The Hall–Kier alpha value is -0.570. The Morgan fingerprint density at radius 2 is 2.00 bits per heavy atom. The van der Waals surface area contributed by atoms with E-state index in [1.807, 2.05) is 13.8 Å². The van der Waals surface area contributed by atoms with Crippen molar-refractivity contribution >= 4 is 5.97 Å². The minimum absolute atomic E-state index is 0.566. The molecule has 3 heteroatoms. The van der Waals surface area contributed by atoms with Crippen molar-refractivity contribution in [1.82, 2.24) is 4.90 Å². The normalized spacial score (nSPS) is 24.1. The van der Waals surface area contributed by atoms with Crippen LogP contribution in [0.3, 0.4) is 0 Å². The molecule has 2 atom stereocenters. The van der Waals surface area contributed by atoms with Gasteiger partial charge in [-0.2, -0.15) is 0 Å². The van der Waals surface area contributed by atoms with E-state index in [9.17, 15) is 4.79 Å². The number of nitrogens with zero attached hydrogens (tertiary/aromatic N) is 1. The van der Waals surface area contributed by atoms with Gasteiger partial charge in [0.2, 0.25) is 0 Å². The molecule has 2 unspecified atom stereocenters. The SMILES string of the molecule is CC1CC1CN(C)CCCCC(C)(C)C(=O)O. The molecule has 100 valence electrons. The molecule has 0 aromatic heterocycles. The van der Waals surface area contributed by atoms with Gasteiger partial charge < -0.3 is 10.0 Å². The Morgan fingerprint density at radius 3 is 2.47 bits per heavy atom. The van der Waals surface area contributed by atoms with E-state index in [0.29, 0.717) is 0 Å². The Morgan fingerprint density at radius 1 is 1.41 bits per heavy atom. The zero-order chi connectivity index (χ0) is 13.1. The van der Waals surface area contributed by atoms with Crippen LogP contribution in [-0.4, -0.2) is 36.1 Å². The van der Waals surface area contributed by atoms with Gasteiger partial charge in [0.15, 0.2) is 0 Å². The molecule has 1 saturated carbocycles. The number of hydrogen-bond acceptors (Lipinski definition) is 2. The third kappa shape index (κ3) is 5.07. The summed E-state index contributed by atoms with van der Waals surface area (Å²) in [5.74, 6) is 1.15. The van der Waals surface area contributed by atoms with E-state index in [1.165, 1.54) is 13.0 Å². The predicted octanol–water partition coefficient (Wildman–Crippen LogP) is 2.86. The average molecular weight is 241 g/mol. The summed E-state index contributed by atoms with van der Waals surface area (Å²) in [6.07, 6.45) is 4.27. The monoisotopic (exact) mass is 241 g/mol. The summed E-state index contributed by atoms with van der Waals surface area (Å²) in [4.78, 5) is 13.3. The van der Waals surface area contributed by atoms with Crippen LogP contribution in [0.1, 0.15) is 46.5 Å². The average Bonchev–Trinajstić information content (AvgIpc) is 2.89. The van der Waals surface area contributed by atoms with Crippen LogP contribution in [0.2, 0.25) is 0 Å². The van der Waals surface area contributed by atoms with E-state index in [1.54, 1.807) is 0 Å². The van der Waals surface area contributed by atoms with Gasteiger partial charge in [0.05, 0.1) is 5.41 Å². The molecule has 0 spiro atoms. The highest BCUT2D eigenvalue weighted by atomic mass is 16.4. The molecule has 0 amide bonds. The number of aliphatic carboxylic acids is 1. The minimum Gasteiger partial charge on any atom is -0.481 e. The highest BCUT2D eigenvalue weighted by Crippen LogP contribution is 2.37. The van der Waals surface area contributed by atoms with Crippen molar-refractivity contribution in [2.24, 2.45) is 17.3 Å². The fraction of sp³-hybridized carbons (Fsp3) is 0.929. The van der Waals surface area contributed by atoms with Gasteiger partial charge in [-0.3, -0.25) is 4.79 Å². The van der Waals surface area contributed by atoms with Gasteiger partial charge in [-0.25, -0.2) is 0 Å². The number of rotatable bonds is 8. The van der Waals surface area contributed by atoms with Crippen molar-refractivity contribution in [2.75, 3.05) is 20.1 Å². The maximum Gasteiger partial charge on any atom is 0.309 e. The van der Waals surface area contributed by atoms with Gasteiger partial charge >= 0.3 is 5.97 Å². The zero-order valence-corrected chi connectivity index (χ0v) is 11.7. The molecule has 0 bridgehead atoms. The van der Waals surface area contributed by atoms with Gasteiger partial charge in [0.1, 0.15) is 0 Å². The fourth-order valence-corrected chi connectivity index (χ4v) is 2.20. The first kappa shape index (κ1) is 14.5. The molecule has 1 aliphatic carbocycles. The molecule has 0 aliphatic heterocycles. The predicted molar refractivity (Wildman–Crippen MR) is 70.0 cm³/mol. The van der Waals surface area contributed by atoms with Crippen LogP contribution >= 0.6 is 0 Å². The molecule has 0 saturated heterocycles. The number of unbranched alkanes of at least 4 members (excludes halogenated alkanes) is 1. The minimum atomic E-state index is -0.683. The summed E-state index contributed by atoms with van der Waals surface area (Å²) in [5.41, 5.74) is -0.566. The lowest BCUT2D eigenvalue weighted by Crippen LogP contribution is -2.25. The molecular formula is C14H27NO2. The van der Waals surface area contributed by atoms with E-state index in [2.05, 4.69) is 18.9 Å². The van der Waals surface area contributed by atoms with Crippen molar-refractivity contribution in [3.63, 3.8) is 0 Å². The topological polar surface area (TPSA) is 40.5 Å². The van der Waals surface area contributed by atoms with E-state index >= 15 is 0 Å². The lowest BCUT2D eigenvalue weighted by Gasteiger charge is -2.20. The van der Waals surface area contributed by atoms with Crippen molar-refractivity contribution in [3.05, 3.63) is 0 Å². The lowest BCUT2D eigenvalue weighted by molar-refractivity contribution is -0.147. The van der Waals surface area contributed by atoms with E-state index < -0.39 is 11.4 Å². The highest BCUT2D eigenvalue weighted by Gasteiger charge is 2.33. The lowest BCUT2D eigenvalue weighted by atomic mass is 9.87. The van der Waals surface area contributed by atoms with Crippen molar-refractivity contribution in [2.45, 2.75) is 46.5 Å². The van der Waals surface area contributed by atoms with Crippen LogP contribution in [0.15, 0.2) is 0 Å². The first-order valence-corrected chi connectivity index (χ1v) is 6.75. The molecule has 0 aromatic carbocycles. The third-order valence-corrected chi connectivity index (χ3v) is 3.99. The van der Waals surface area contributed by atoms with Crippen molar-refractivity contribution in [1.29, 1.82) is 0 Å². The van der Waals surface area contributed by atoms with Crippen LogP contribution in [0.25, 0.3) is 0 Å². The largest absolute Gasteiger partial charge is 0.481 e. The van der Waals surface area contributed by atoms with Crippen molar-refractivity contribution < 1.29 is 9.90 Å². The standard InChI is InChI=1S/C14H27NO2/c1-11-9-12(11)10-15(4)8-6-5-7-14(2,3)13(16)17/h11-12H,5-10H2,1-4H3,(H,16,17). The molecule has 1 rings (SSSR count). The third-order valence-electron chi connectivity index (χ3n) is 3.99. The van der Waals surface area contributed by atoms with Crippen LogP contribution in [0.5, 0.6) is 0 Å². The summed E-state index contributed by atoms with van der Waals surface area (Å²) >= 11 is 0. The van der Waals surface area contributed by atoms with Crippen LogP contribution in [0.4, 0.5) is 0 Å². The number of hydrogen-bond donors (Lipinski definition) is 1. The van der Waals surface area contributed by atoms with E-state index in [4.69, 9.17) is 5.11 Å². The van der Waals surface area contributed by atoms with Gasteiger partial charge in [-0.05, 0) is 58.5 Å². The summed E-state index contributed by atoms with van der Waals surface area (Å²) in [7, 11) is 2.17. The Labute approximate surface area is 105 Å². The summed E-state index contributed by atoms with van der Waals surface area (Å²) in [6.45, 7) is 8.24. The van der Waals surface area contributed by atoms with Gasteiger partial charge in [-0.15, -0.1) is 0 Å². The van der Waals surface area contributed by atoms with E-state index in [0.717, 1.165) is 37.6 Å². The number of carboxylic acid groups (broad SMARTS) is 1. The number of carbonyl (C=O) groups is 1. The molecule has 0 radical (unpaired) electrons. The van der Waals surface area contributed by atoms with Crippen LogP contribution < -0.4 is 0 Å². The molecular weight excluding hydrogens is 214 g/mol. The second-order valence-electron chi connectivity index (χ2n) is 6.38. The highest BCUT2D eigenvalue weighted by molar-refractivity contribution is 5.73. The Kier molecular flexibility index (Phi) is 4.99. The molecule has 17 heavy (non-hydrogen) atoms. The molecule has 0 aromatic rings. The first-order chi connectivity index (χ1) is 7.83. The summed E-state index contributed by atoms with van der Waals surface area (Å²) in [5, 5.41) is 9.00. The van der Waals surface area contributed by atoms with Crippen LogP contribution in [0, 0.1) is 17.3 Å². The van der Waals surface area contributed by atoms with Crippen molar-refractivity contribution in [3.8, 4) is 0 Å². The summed E-state index contributed by atoms with van der Waals surface area (Å²) in [6, 6.07) is 0. The first-order valence-electron chi connectivity index (χ1n) is 6.75. The van der Waals surface area contributed by atoms with Gasteiger partial charge in [0, 0.05) is 6.54 Å². The molecule has 1 aliphatic rings. The maximum atomic E-state index is 10.9. The molecule has 3 nitrogen and oxygen atoms in total. The smallest absolute Gasteiger partial charge is 0.309 e. The molecule has 0 heterocycles. The fourth-order valence-electron chi connectivity index (χ4n) is 2.20. The second kappa shape index (κ2) is 5.85. The second-order valence-corrected chi connectivity index (χ2v) is 6.38. The Bertz CT molecular complexity index is 263. The summed E-state index contributed by atoms with van der Waals surface area (Å²) < 4.78 is 0. The van der Waals surface area contributed by atoms with Gasteiger partial charge in [-0.1, -0.05) is 13.3 Å². The van der Waals surface area contributed by atoms with E-state index in [-0.39, 0.29) is 0 Å². The van der Waals surface area contributed by atoms with Gasteiger partial charge in [0.25, 0.3) is 0 Å². The maximum absolute atomic E-state index is 10.9. The quantitative estimate of drug-likeness (QED) is 0.664. The Balaban J connectivity index is 2.05. The molecule has 1 fully saturated rings. The van der Waals surface area contributed by atoms with Crippen LogP contribution in [-0.2, 0) is 4.79 Å². The molecule has 1 N–H and O–H groups in total. The zero-order valence-electron chi connectivity index (χ0n) is 11.7.